The molecule has 0 saturated carbocycles. The van der Waals surface area contributed by atoms with E-state index >= 15 is 4.39 Å². The molecule has 5 rings (SSSR count). The van der Waals surface area contributed by atoms with E-state index in [1.165, 1.54) is 31.9 Å². The minimum atomic E-state index is -4.40. The predicted octanol–water partition coefficient (Wildman–Crippen LogP) is 4.08. The van der Waals surface area contributed by atoms with Crippen molar-refractivity contribution in [1.82, 2.24) is 24.6 Å². The van der Waals surface area contributed by atoms with Crippen LogP contribution >= 0.6 is 7.75 Å². The van der Waals surface area contributed by atoms with Crippen molar-refractivity contribution >= 4 is 41.6 Å². The van der Waals surface area contributed by atoms with Crippen LogP contribution in [0.15, 0.2) is 48.8 Å². The van der Waals surface area contributed by atoms with Gasteiger partial charge >= 0.3 is 13.7 Å². The fourth-order valence-corrected chi connectivity index (χ4v) is 6.50. The summed E-state index contributed by atoms with van der Waals surface area (Å²) in [5, 5.41) is 15.3. The third kappa shape index (κ3) is 6.72. The zero-order valence-corrected chi connectivity index (χ0v) is 26.1. The van der Waals surface area contributed by atoms with Crippen LogP contribution in [0.1, 0.15) is 39.8 Å². The summed E-state index contributed by atoms with van der Waals surface area (Å²) in [5.41, 5.74) is 4.06. The number of imidazole rings is 1. The van der Waals surface area contributed by atoms with Crippen molar-refractivity contribution < 1.29 is 42.1 Å². The lowest BCUT2D eigenvalue weighted by molar-refractivity contribution is -0.145. The molecule has 1 fully saturated rings. The summed E-state index contributed by atoms with van der Waals surface area (Å²) in [6.07, 6.45) is -2.03. The molecule has 3 heterocycles. The molecule has 16 heteroatoms. The number of hydrogen-bond acceptors (Lipinski definition) is 12. The molecule has 14 nitrogen and oxygen atoms in total. The number of halogens is 1. The number of aliphatic hydroxyl groups is 1. The van der Waals surface area contributed by atoms with Gasteiger partial charge in [0, 0.05) is 5.39 Å². The lowest BCUT2D eigenvalue weighted by Gasteiger charge is -2.26. The summed E-state index contributed by atoms with van der Waals surface area (Å²) in [7, 11) is -3.02. The van der Waals surface area contributed by atoms with Gasteiger partial charge in [0.05, 0.1) is 26.7 Å². The van der Waals surface area contributed by atoms with Crippen LogP contribution in [0.2, 0.25) is 0 Å². The number of benzene rings is 2. The number of anilines is 1. The van der Waals surface area contributed by atoms with Crippen molar-refractivity contribution in [1.29, 1.82) is 0 Å². The number of rotatable bonds is 13. The zero-order chi connectivity index (χ0) is 32.4. The Morgan fingerprint density at radius 2 is 2.02 bits per heavy atom. The van der Waals surface area contributed by atoms with Crippen molar-refractivity contribution in [3.63, 3.8) is 0 Å². The summed E-state index contributed by atoms with van der Waals surface area (Å²) in [5.74, 6) is -0.498. The second-order valence-electron chi connectivity index (χ2n) is 10.8. The molecule has 0 aliphatic carbocycles. The van der Waals surface area contributed by atoms with E-state index in [0.29, 0.717) is 11.8 Å². The third-order valence-electron chi connectivity index (χ3n) is 7.37. The summed E-state index contributed by atoms with van der Waals surface area (Å²) >= 11 is 0. The molecule has 242 valence electrons. The number of carbonyl (C=O) groups is 1. The predicted molar refractivity (Wildman–Crippen MR) is 162 cm³/mol. The molecule has 0 bridgehead atoms. The van der Waals surface area contributed by atoms with E-state index in [1.807, 2.05) is 25.1 Å². The van der Waals surface area contributed by atoms with Crippen LogP contribution in [0.4, 0.5) is 10.3 Å². The van der Waals surface area contributed by atoms with Crippen molar-refractivity contribution in [2.75, 3.05) is 26.1 Å². The number of aromatic nitrogens is 4. The first-order valence-corrected chi connectivity index (χ1v) is 15.9. The van der Waals surface area contributed by atoms with E-state index in [-0.39, 0.29) is 35.3 Å². The number of nitrogens with zero attached hydrogens (tertiary/aromatic N) is 4. The molecule has 1 aliphatic rings. The number of esters is 1. The molecule has 0 amide bonds. The minimum absolute atomic E-state index is 0.0884. The quantitative estimate of drug-likeness (QED) is 0.107. The van der Waals surface area contributed by atoms with Crippen LogP contribution in [0.25, 0.3) is 21.9 Å². The summed E-state index contributed by atoms with van der Waals surface area (Å²) in [6.45, 7) is 4.21. The Morgan fingerprint density at radius 3 is 2.78 bits per heavy atom. The molecule has 4 N–H and O–H groups in total. The molecule has 6 atom stereocenters. The topological polar surface area (TPSA) is 182 Å². The monoisotopic (exact) mass is 646 g/mol. The highest BCUT2D eigenvalue weighted by Gasteiger charge is 2.55. The van der Waals surface area contributed by atoms with Gasteiger partial charge in [-0.1, -0.05) is 49.7 Å². The first-order chi connectivity index (χ1) is 21.5. The van der Waals surface area contributed by atoms with E-state index in [1.54, 1.807) is 24.3 Å². The summed E-state index contributed by atoms with van der Waals surface area (Å²) in [4.78, 5) is 25.0. The molecule has 2 aromatic heterocycles. The number of fused-ring (bicyclic) bond motifs is 2. The van der Waals surface area contributed by atoms with Crippen LogP contribution in [-0.2, 0) is 23.4 Å². The smallest absolute Gasteiger partial charge is 0.459 e. The molecule has 0 spiro atoms. The number of nitrogen functional groups attached to an aromatic ring is 1. The fraction of sp³-hybridized carbons (Fsp3) is 0.448. The number of carbonyl (C=O) groups excluding carboxylic acids is 1. The van der Waals surface area contributed by atoms with Crippen LogP contribution in [-0.4, -0.2) is 74.8 Å². The average Bonchev–Trinajstić information content (AvgIpc) is 3.52. The second-order valence-corrected chi connectivity index (χ2v) is 12.5. The highest BCUT2D eigenvalue weighted by atomic mass is 31.2. The van der Waals surface area contributed by atoms with Crippen molar-refractivity contribution in [2.45, 2.75) is 63.8 Å². The number of unbranched alkanes of at least 4 members (excludes halogenated alkanes) is 1. The highest BCUT2D eigenvalue weighted by Crippen LogP contribution is 2.49. The summed E-state index contributed by atoms with van der Waals surface area (Å²) < 4.78 is 59.4. The van der Waals surface area contributed by atoms with Crippen molar-refractivity contribution in [3.05, 3.63) is 48.8 Å². The Balaban J connectivity index is 1.40. The number of ether oxygens (including phenoxy) is 3. The van der Waals surface area contributed by atoms with Crippen LogP contribution in [0.5, 0.6) is 11.6 Å². The average molecular weight is 647 g/mol. The molecule has 2 unspecified atom stereocenters. The van der Waals surface area contributed by atoms with Gasteiger partial charge in [0.1, 0.15) is 23.5 Å². The number of hydrogen-bond donors (Lipinski definition) is 3. The Bertz CT molecular complexity index is 1720. The van der Waals surface area contributed by atoms with Gasteiger partial charge < -0.3 is 29.6 Å². The molecule has 2 aromatic carbocycles. The van der Waals surface area contributed by atoms with Gasteiger partial charge in [-0.25, -0.2) is 13.9 Å². The number of nitrogens with two attached hydrogens (primary N) is 1. The van der Waals surface area contributed by atoms with E-state index in [0.717, 1.165) is 11.8 Å². The van der Waals surface area contributed by atoms with Crippen molar-refractivity contribution in [3.8, 4) is 11.6 Å². The van der Waals surface area contributed by atoms with Gasteiger partial charge in [0.25, 0.3) is 0 Å². The van der Waals surface area contributed by atoms with E-state index in [4.69, 9.17) is 29.0 Å². The molecule has 1 saturated heterocycles. The molecule has 1 aliphatic heterocycles. The Hall–Kier alpha value is -3.88. The van der Waals surface area contributed by atoms with Gasteiger partial charge in [-0.05, 0) is 31.7 Å². The zero-order valence-electron chi connectivity index (χ0n) is 25.3. The maximum atomic E-state index is 15.8. The number of methoxy groups -OCH3 is 1. The standard InChI is InChI=1S/C29H36FN6O8P/c1-5-6-14-41-26(37)17(2)35-45(39,44-20-13-9-11-18-10-7-8-12-19(18)20)42-15-21-23(30)29(3,38)27(43-21)36-16-32-22-24(36)33-28(31)34-25(22)40-4/h7-13,16-17,21,23,27,38H,5-6,14-15H2,1-4H3,(H,35,39)(H2,31,33,34)/t17-,21+,23+,27?,29+,45?/m0/s1. The molecule has 0 radical (unpaired) electrons. The lowest BCUT2D eigenvalue weighted by Crippen LogP contribution is -2.42. The van der Waals surface area contributed by atoms with Crippen molar-refractivity contribution in [2.24, 2.45) is 0 Å². The normalized spacial score (nSPS) is 23.6. The van der Waals surface area contributed by atoms with Crippen LogP contribution < -0.4 is 20.1 Å². The Labute approximate surface area is 258 Å². The first kappa shape index (κ1) is 32.5. The molecular weight excluding hydrogens is 610 g/mol. The molecule has 4 aromatic rings. The van der Waals surface area contributed by atoms with Gasteiger partial charge in [0.2, 0.25) is 11.8 Å². The van der Waals surface area contributed by atoms with E-state index < -0.39 is 50.5 Å². The van der Waals surface area contributed by atoms with Gasteiger partial charge in [-0.2, -0.15) is 15.1 Å². The number of alkyl halides is 1. The van der Waals surface area contributed by atoms with E-state index in [2.05, 4.69) is 20.0 Å². The van der Waals surface area contributed by atoms with E-state index in [9.17, 15) is 14.5 Å². The third-order valence-corrected chi connectivity index (χ3v) is 9.00. The Kier molecular flexibility index (Phi) is 9.56. The molecular formula is C29H36FN6O8P. The first-order valence-electron chi connectivity index (χ1n) is 14.4. The maximum absolute atomic E-state index is 15.8. The van der Waals surface area contributed by atoms with Crippen LogP contribution in [0, 0.1) is 0 Å². The second kappa shape index (κ2) is 13.2. The maximum Gasteiger partial charge on any atom is 0.459 e. The Morgan fingerprint density at radius 1 is 1.27 bits per heavy atom. The largest absolute Gasteiger partial charge is 0.479 e. The lowest BCUT2D eigenvalue weighted by atomic mass is 9.98. The molecule has 45 heavy (non-hydrogen) atoms. The fourth-order valence-electron chi connectivity index (χ4n) is 4.97. The highest BCUT2D eigenvalue weighted by molar-refractivity contribution is 7.52. The minimum Gasteiger partial charge on any atom is -0.479 e. The number of nitrogens with one attached hydrogen (secondary N) is 1. The van der Waals surface area contributed by atoms with Gasteiger partial charge in [-0.15, -0.1) is 0 Å². The van der Waals surface area contributed by atoms with Gasteiger partial charge in [0.15, 0.2) is 23.6 Å². The SMILES string of the molecule is CCCCOC(=O)[C@H](C)NP(=O)(OC[C@H]1OC(n2cnc3c(OC)nc(N)nc32)[C@](C)(O)[C@@H]1F)Oc1cccc2ccccc12. The van der Waals surface area contributed by atoms with Crippen LogP contribution in [0.3, 0.4) is 0 Å². The van der Waals surface area contributed by atoms with Gasteiger partial charge in [-0.3, -0.25) is 13.9 Å². The summed E-state index contributed by atoms with van der Waals surface area (Å²) in [6, 6.07) is 11.3.